The molecular formula is C17H21N5O5. The Kier molecular flexibility index (Phi) is 6.89. The van der Waals surface area contributed by atoms with Gasteiger partial charge in [-0.3, -0.25) is 14.4 Å². The molecule has 10 nitrogen and oxygen atoms in total. The lowest BCUT2D eigenvalue weighted by atomic mass is 10.0. The van der Waals surface area contributed by atoms with Gasteiger partial charge >= 0.3 is 5.97 Å². The number of aromatic nitrogens is 2. The Labute approximate surface area is 154 Å². The van der Waals surface area contributed by atoms with Gasteiger partial charge in [-0.2, -0.15) is 0 Å². The van der Waals surface area contributed by atoms with E-state index in [2.05, 4.69) is 20.6 Å². The summed E-state index contributed by atoms with van der Waals surface area (Å²) in [4.78, 5) is 41.9. The Morgan fingerprint density at radius 3 is 2.44 bits per heavy atom. The summed E-state index contributed by atoms with van der Waals surface area (Å²) in [6, 6.07) is 4.32. The molecule has 2 aromatic rings. The molecule has 27 heavy (non-hydrogen) atoms. The number of nitrogens with zero attached hydrogens (tertiary/aromatic N) is 1. The molecular weight excluding hydrogens is 354 g/mol. The normalized spacial score (nSPS) is 12.8. The van der Waals surface area contributed by atoms with Gasteiger partial charge in [0.2, 0.25) is 11.8 Å². The Morgan fingerprint density at radius 1 is 1.15 bits per heavy atom. The van der Waals surface area contributed by atoms with Gasteiger partial charge in [0.25, 0.3) is 0 Å². The number of rotatable bonds is 9. The third-order valence-corrected chi connectivity index (χ3v) is 3.75. The second-order valence-electron chi connectivity index (χ2n) is 5.93. The van der Waals surface area contributed by atoms with Crippen LogP contribution in [-0.4, -0.2) is 56.6 Å². The van der Waals surface area contributed by atoms with Gasteiger partial charge in [-0.05, 0) is 24.1 Å². The number of H-pyrrole nitrogens is 1. The van der Waals surface area contributed by atoms with Crippen LogP contribution in [0.2, 0.25) is 0 Å². The fourth-order valence-corrected chi connectivity index (χ4v) is 2.37. The highest BCUT2D eigenvalue weighted by molar-refractivity contribution is 5.91. The Morgan fingerprint density at radius 2 is 1.85 bits per heavy atom. The number of phenolic OH excluding ortho intramolecular Hbond substituents is 1. The summed E-state index contributed by atoms with van der Waals surface area (Å²) in [7, 11) is 0. The fourth-order valence-electron chi connectivity index (χ4n) is 2.37. The summed E-state index contributed by atoms with van der Waals surface area (Å²) in [6.07, 6.45) is 3.24. The molecule has 0 spiro atoms. The van der Waals surface area contributed by atoms with Gasteiger partial charge in [-0.1, -0.05) is 12.1 Å². The summed E-state index contributed by atoms with van der Waals surface area (Å²) < 4.78 is 0. The lowest BCUT2D eigenvalue weighted by molar-refractivity contribution is -0.138. The van der Waals surface area contributed by atoms with E-state index in [0.717, 1.165) is 5.56 Å². The number of benzene rings is 1. The minimum Gasteiger partial charge on any atom is -0.508 e. The minimum absolute atomic E-state index is 0.100. The zero-order chi connectivity index (χ0) is 19.8. The molecule has 10 heteroatoms. The number of amides is 2. The molecule has 7 N–H and O–H groups in total. The fraction of sp³-hybridized carbons (Fsp3) is 0.294. The van der Waals surface area contributed by atoms with Crippen LogP contribution in [0.15, 0.2) is 36.8 Å². The van der Waals surface area contributed by atoms with E-state index < -0.39 is 36.4 Å². The molecule has 0 saturated heterocycles. The highest BCUT2D eigenvalue weighted by Gasteiger charge is 2.25. The molecule has 1 aromatic carbocycles. The maximum Gasteiger partial charge on any atom is 0.322 e. The van der Waals surface area contributed by atoms with Crippen molar-refractivity contribution in [2.75, 3.05) is 6.54 Å². The van der Waals surface area contributed by atoms with Crippen LogP contribution in [0.5, 0.6) is 5.75 Å². The summed E-state index contributed by atoms with van der Waals surface area (Å²) in [5.41, 5.74) is 7.25. The van der Waals surface area contributed by atoms with Crippen molar-refractivity contribution < 1.29 is 24.6 Å². The van der Waals surface area contributed by atoms with E-state index in [9.17, 15) is 19.5 Å². The molecule has 2 rings (SSSR count). The lowest BCUT2D eigenvalue weighted by Crippen LogP contribution is -2.53. The number of aromatic hydroxyl groups is 1. The first-order chi connectivity index (χ1) is 12.8. The molecule has 0 bridgehead atoms. The van der Waals surface area contributed by atoms with E-state index in [1.807, 2.05) is 0 Å². The number of carboxylic acids is 1. The number of carboxylic acid groups (broad SMARTS) is 1. The van der Waals surface area contributed by atoms with Crippen LogP contribution < -0.4 is 16.4 Å². The smallest absolute Gasteiger partial charge is 0.322 e. The maximum atomic E-state index is 12.4. The first-order valence-electron chi connectivity index (χ1n) is 8.15. The lowest BCUT2D eigenvalue weighted by Gasteiger charge is -2.20. The second kappa shape index (κ2) is 9.34. The molecule has 2 unspecified atom stereocenters. The number of carbonyl (C=O) groups is 3. The first kappa shape index (κ1) is 19.9. The van der Waals surface area contributed by atoms with Crippen LogP contribution in [0.3, 0.4) is 0 Å². The zero-order valence-electron chi connectivity index (χ0n) is 14.4. The van der Waals surface area contributed by atoms with Crippen LogP contribution in [0.4, 0.5) is 0 Å². The highest BCUT2D eigenvalue weighted by atomic mass is 16.4. The van der Waals surface area contributed by atoms with Gasteiger partial charge in [-0.25, -0.2) is 4.98 Å². The third-order valence-electron chi connectivity index (χ3n) is 3.75. The number of nitrogens with one attached hydrogen (secondary N) is 3. The van der Waals surface area contributed by atoms with Gasteiger partial charge in [0.1, 0.15) is 18.3 Å². The number of hydrogen-bond acceptors (Lipinski definition) is 6. The molecule has 0 saturated carbocycles. The molecule has 144 valence electrons. The first-order valence-corrected chi connectivity index (χ1v) is 8.15. The SMILES string of the molecule is NC(Cc1ccc(O)cc1)C(=O)NC(Cc1cnc[nH]1)C(=O)NCC(=O)O. The maximum absolute atomic E-state index is 12.4. The Hall–Kier alpha value is -3.40. The van der Waals surface area contributed by atoms with Crippen LogP contribution in [0, 0.1) is 0 Å². The predicted octanol–water partition coefficient (Wildman–Crippen LogP) is -1.09. The number of aromatic amines is 1. The van der Waals surface area contributed by atoms with E-state index in [4.69, 9.17) is 10.8 Å². The van der Waals surface area contributed by atoms with Gasteiger partial charge in [-0.15, -0.1) is 0 Å². The van der Waals surface area contributed by atoms with Crippen molar-refractivity contribution in [2.24, 2.45) is 5.73 Å². The van der Waals surface area contributed by atoms with Crippen molar-refractivity contribution in [3.05, 3.63) is 48.0 Å². The van der Waals surface area contributed by atoms with Gasteiger partial charge in [0.05, 0.1) is 12.4 Å². The molecule has 2 atom stereocenters. The largest absolute Gasteiger partial charge is 0.508 e. The van der Waals surface area contributed by atoms with E-state index in [1.165, 1.54) is 24.7 Å². The standard InChI is InChI=1S/C17H21N5O5/c18-13(5-10-1-3-12(23)4-2-10)16(26)22-14(6-11-7-19-9-21-11)17(27)20-8-15(24)25/h1-4,7,9,13-14,23H,5-6,8,18H2,(H,19,21)(H,20,27)(H,22,26)(H,24,25). The monoisotopic (exact) mass is 375 g/mol. The van der Waals surface area contributed by atoms with Crippen molar-refractivity contribution in [1.82, 2.24) is 20.6 Å². The number of carbonyl (C=O) groups excluding carboxylic acids is 2. The average molecular weight is 375 g/mol. The van der Waals surface area contributed by atoms with Crippen molar-refractivity contribution >= 4 is 17.8 Å². The molecule has 0 aliphatic heterocycles. The van der Waals surface area contributed by atoms with Crippen LogP contribution in [-0.2, 0) is 27.2 Å². The number of phenols is 1. The average Bonchev–Trinajstić information content (AvgIpc) is 3.14. The Balaban J connectivity index is 2.00. The number of nitrogens with two attached hydrogens (primary N) is 1. The van der Waals surface area contributed by atoms with Crippen molar-refractivity contribution in [3.63, 3.8) is 0 Å². The van der Waals surface area contributed by atoms with Crippen LogP contribution >= 0.6 is 0 Å². The summed E-state index contributed by atoms with van der Waals surface area (Å²) in [5, 5.41) is 22.8. The topological polar surface area (TPSA) is 170 Å². The van der Waals surface area contributed by atoms with E-state index in [0.29, 0.717) is 5.69 Å². The minimum atomic E-state index is -1.20. The summed E-state index contributed by atoms with van der Waals surface area (Å²) in [5.74, 6) is -2.29. The quantitative estimate of drug-likeness (QED) is 0.323. The highest BCUT2D eigenvalue weighted by Crippen LogP contribution is 2.11. The predicted molar refractivity (Wildman–Crippen MR) is 94.7 cm³/mol. The number of hydrogen-bond donors (Lipinski definition) is 6. The van der Waals surface area contributed by atoms with E-state index >= 15 is 0 Å². The van der Waals surface area contributed by atoms with Crippen LogP contribution in [0.1, 0.15) is 11.3 Å². The van der Waals surface area contributed by atoms with Gasteiger partial charge in [0.15, 0.2) is 0 Å². The number of imidazole rings is 1. The third kappa shape index (κ3) is 6.44. The second-order valence-corrected chi connectivity index (χ2v) is 5.93. The van der Waals surface area contributed by atoms with Crippen molar-refractivity contribution in [2.45, 2.75) is 24.9 Å². The zero-order valence-corrected chi connectivity index (χ0v) is 14.4. The molecule has 0 aliphatic carbocycles. The van der Waals surface area contributed by atoms with Crippen molar-refractivity contribution in [3.8, 4) is 5.75 Å². The number of aliphatic carboxylic acids is 1. The van der Waals surface area contributed by atoms with E-state index in [-0.39, 0.29) is 18.6 Å². The van der Waals surface area contributed by atoms with Gasteiger partial charge in [0, 0.05) is 18.3 Å². The van der Waals surface area contributed by atoms with Gasteiger partial charge < -0.3 is 31.6 Å². The van der Waals surface area contributed by atoms with E-state index in [1.54, 1.807) is 12.1 Å². The molecule has 2 amide bonds. The summed E-state index contributed by atoms with van der Waals surface area (Å²) >= 11 is 0. The summed E-state index contributed by atoms with van der Waals surface area (Å²) in [6.45, 7) is -0.562. The molecule has 0 aliphatic rings. The van der Waals surface area contributed by atoms with Crippen LogP contribution in [0.25, 0.3) is 0 Å². The molecule has 0 fully saturated rings. The molecule has 1 aromatic heterocycles. The molecule has 1 heterocycles. The Bertz CT molecular complexity index is 776. The molecule has 0 radical (unpaired) electrons. The van der Waals surface area contributed by atoms with Crippen molar-refractivity contribution in [1.29, 1.82) is 0 Å².